The Morgan fingerprint density at radius 3 is 2.83 bits per heavy atom. The molecule has 0 bridgehead atoms. The lowest BCUT2D eigenvalue weighted by Gasteiger charge is -2.03. The van der Waals surface area contributed by atoms with Gasteiger partial charge in [0.05, 0.1) is 13.2 Å². The predicted molar refractivity (Wildman–Crippen MR) is 70.4 cm³/mol. The summed E-state index contributed by atoms with van der Waals surface area (Å²) < 4.78 is 10.4. The molecule has 0 aliphatic heterocycles. The van der Waals surface area contributed by atoms with Crippen LogP contribution in [0.4, 0.5) is 6.01 Å². The molecule has 0 aliphatic rings. The third-order valence-electron chi connectivity index (χ3n) is 2.46. The largest absolute Gasteiger partial charge is 0.407 e. The third-order valence-corrected chi connectivity index (χ3v) is 2.46. The summed E-state index contributed by atoms with van der Waals surface area (Å²) in [6, 6.07) is 0.502. The highest BCUT2D eigenvalue weighted by molar-refractivity contribution is 5.16. The topological polar surface area (TPSA) is 72.2 Å². The van der Waals surface area contributed by atoms with E-state index in [1.165, 1.54) is 6.42 Å². The zero-order valence-corrected chi connectivity index (χ0v) is 11.5. The van der Waals surface area contributed by atoms with Crippen LogP contribution in [0.25, 0.3) is 0 Å². The Kier molecular flexibility index (Phi) is 7.36. The van der Waals surface area contributed by atoms with E-state index in [1.807, 2.05) is 0 Å². The fourth-order valence-corrected chi connectivity index (χ4v) is 1.47. The molecule has 18 heavy (non-hydrogen) atoms. The minimum Gasteiger partial charge on any atom is -0.407 e. The summed E-state index contributed by atoms with van der Waals surface area (Å²) >= 11 is 0. The van der Waals surface area contributed by atoms with Crippen LogP contribution >= 0.6 is 0 Å². The molecular formula is C12H24N4O2. The Labute approximate surface area is 108 Å². The molecule has 0 fully saturated rings. The van der Waals surface area contributed by atoms with E-state index in [2.05, 4.69) is 34.7 Å². The summed E-state index contributed by atoms with van der Waals surface area (Å²) in [4.78, 5) is 0. The van der Waals surface area contributed by atoms with Crippen LogP contribution in [-0.2, 0) is 11.3 Å². The van der Waals surface area contributed by atoms with Crippen LogP contribution in [0.3, 0.4) is 0 Å². The Bertz CT molecular complexity index is 315. The SMILES string of the molecule is COCCNCc1nnc(NCCCC(C)C)o1. The van der Waals surface area contributed by atoms with Crippen LogP contribution in [0.2, 0.25) is 0 Å². The monoisotopic (exact) mass is 256 g/mol. The second-order valence-electron chi connectivity index (χ2n) is 4.63. The van der Waals surface area contributed by atoms with Crippen LogP contribution in [0.15, 0.2) is 4.42 Å². The van der Waals surface area contributed by atoms with Crippen molar-refractivity contribution in [1.82, 2.24) is 15.5 Å². The lowest BCUT2D eigenvalue weighted by molar-refractivity contribution is 0.198. The van der Waals surface area contributed by atoms with Gasteiger partial charge in [-0.1, -0.05) is 18.9 Å². The zero-order valence-electron chi connectivity index (χ0n) is 11.5. The molecule has 0 aromatic carbocycles. The van der Waals surface area contributed by atoms with Gasteiger partial charge in [-0.05, 0) is 18.8 Å². The minimum atomic E-state index is 0.502. The molecule has 0 amide bonds. The van der Waals surface area contributed by atoms with Gasteiger partial charge in [0.15, 0.2) is 0 Å². The Hall–Kier alpha value is -1.14. The fraction of sp³-hybridized carbons (Fsp3) is 0.833. The maximum Gasteiger partial charge on any atom is 0.315 e. The summed E-state index contributed by atoms with van der Waals surface area (Å²) in [5.41, 5.74) is 0. The molecule has 0 radical (unpaired) electrons. The van der Waals surface area contributed by atoms with E-state index in [4.69, 9.17) is 9.15 Å². The van der Waals surface area contributed by atoms with Crippen LogP contribution in [0, 0.1) is 5.92 Å². The number of nitrogens with one attached hydrogen (secondary N) is 2. The summed E-state index contributed by atoms with van der Waals surface area (Å²) in [6.07, 6.45) is 2.31. The normalized spacial score (nSPS) is 11.1. The number of anilines is 1. The van der Waals surface area contributed by atoms with Crippen LogP contribution in [-0.4, -0.2) is 37.0 Å². The van der Waals surface area contributed by atoms with Gasteiger partial charge in [-0.15, -0.1) is 5.10 Å². The van der Waals surface area contributed by atoms with Crippen molar-refractivity contribution in [2.45, 2.75) is 33.2 Å². The maximum absolute atomic E-state index is 5.43. The van der Waals surface area contributed by atoms with E-state index in [0.717, 1.165) is 25.4 Å². The molecule has 0 saturated heterocycles. The van der Waals surface area contributed by atoms with Gasteiger partial charge in [0, 0.05) is 20.2 Å². The smallest absolute Gasteiger partial charge is 0.315 e. The molecule has 6 nitrogen and oxygen atoms in total. The van der Waals surface area contributed by atoms with Gasteiger partial charge in [0.25, 0.3) is 0 Å². The van der Waals surface area contributed by atoms with E-state index in [9.17, 15) is 0 Å². The van der Waals surface area contributed by atoms with E-state index < -0.39 is 0 Å². The van der Waals surface area contributed by atoms with Gasteiger partial charge in [0.1, 0.15) is 0 Å². The van der Waals surface area contributed by atoms with Crippen molar-refractivity contribution in [2.24, 2.45) is 5.92 Å². The standard InChI is InChI=1S/C12H24N4O2/c1-10(2)5-4-6-14-12-16-15-11(18-12)9-13-7-8-17-3/h10,13H,4-9H2,1-3H3,(H,14,16). The number of methoxy groups -OCH3 is 1. The van der Waals surface area contributed by atoms with Crippen molar-refractivity contribution in [3.8, 4) is 0 Å². The second kappa shape index (κ2) is 8.88. The molecule has 0 aliphatic carbocycles. The van der Waals surface area contributed by atoms with E-state index in [0.29, 0.717) is 25.1 Å². The Balaban J connectivity index is 2.13. The van der Waals surface area contributed by atoms with E-state index in [1.54, 1.807) is 7.11 Å². The van der Waals surface area contributed by atoms with Crippen LogP contribution in [0.1, 0.15) is 32.6 Å². The van der Waals surface area contributed by atoms with Crippen molar-refractivity contribution in [3.63, 3.8) is 0 Å². The number of aromatic nitrogens is 2. The lowest BCUT2D eigenvalue weighted by Crippen LogP contribution is -2.18. The molecule has 6 heteroatoms. The summed E-state index contributed by atoms with van der Waals surface area (Å²) in [5.74, 6) is 1.33. The van der Waals surface area contributed by atoms with Crippen LogP contribution in [0.5, 0.6) is 0 Å². The average Bonchev–Trinajstić information content (AvgIpc) is 2.78. The first kappa shape index (κ1) is 14.9. The van der Waals surface area contributed by atoms with Crippen LogP contribution < -0.4 is 10.6 Å². The summed E-state index contributed by atoms with van der Waals surface area (Å²) in [5, 5.41) is 14.2. The first-order chi connectivity index (χ1) is 8.72. The molecule has 0 saturated carbocycles. The highest BCUT2D eigenvalue weighted by atomic mass is 16.5. The first-order valence-corrected chi connectivity index (χ1v) is 6.48. The predicted octanol–water partition coefficient (Wildman–Crippen LogP) is 1.65. The molecule has 1 heterocycles. The Morgan fingerprint density at radius 1 is 1.28 bits per heavy atom. The van der Waals surface area contributed by atoms with E-state index in [-0.39, 0.29) is 0 Å². The molecule has 0 spiro atoms. The highest BCUT2D eigenvalue weighted by Crippen LogP contribution is 2.07. The van der Waals surface area contributed by atoms with Crippen molar-refractivity contribution >= 4 is 6.01 Å². The number of hydrogen-bond acceptors (Lipinski definition) is 6. The number of hydrogen-bond donors (Lipinski definition) is 2. The first-order valence-electron chi connectivity index (χ1n) is 6.48. The molecule has 104 valence electrons. The lowest BCUT2D eigenvalue weighted by atomic mass is 10.1. The van der Waals surface area contributed by atoms with Crippen molar-refractivity contribution in [1.29, 1.82) is 0 Å². The summed E-state index contributed by atoms with van der Waals surface area (Å²) in [6.45, 7) is 7.33. The number of rotatable bonds is 10. The van der Waals surface area contributed by atoms with Crippen molar-refractivity contribution in [2.75, 3.05) is 32.1 Å². The minimum absolute atomic E-state index is 0.502. The molecule has 1 aromatic rings. The Morgan fingerprint density at radius 2 is 2.11 bits per heavy atom. The highest BCUT2D eigenvalue weighted by Gasteiger charge is 2.04. The molecule has 2 N–H and O–H groups in total. The van der Waals surface area contributed by atoms with Gasteiger partial charge in [-0.3, -0.25) is 0 Å². The number of nitrogens with zero attached hydrogens (tertiary/aromatic N) is 2. The van der Waals surface area contributed by atoms with Gasteiger partial charge >= 0.3 is 6.01 Å². The molecule has 0 unspecified atom stereocenters. The quantitative estimate of drug-likeness (QED) is 0.620. The van der Waals surface area contributed by atoms with Gasteiger partial charge in [-0.25, -0.2) is 0 Å². The van der Waals surface area contributed by atoms with Crippen molar-refractivity contribution < 1.29 is 9.15 Å². The zero-order chi connectivity index (χ0) is 13.2. The molecule has 0 atom stereocenters. The van der Waals surface area contributed by atoms with Gasteiger partial charge in [0.2, 0.25) is 5.89 Å². The van der Waals surface area contributed by atoms with Gasteiger partial charge in [-0.2, -0.15) is 0 Å². The summed E-state index contributed by atoms with van der Waals surface area (Å²) in [7, 11) is 1.67. The average molecular weight is 256 g/mol. The fourth-order valence-electron chi connectivity index (χ4n) is 1.47. The molecule has 1 aromatic heterocycles. The maximum atomic E-state index is 5.43. The van der Waals surface area contributed by atoms with Crippen molar-refractivity contribution in [3.05, 3.63) is 5.89 Å². The van der Waals surface area contributed by atoms with Gasteiger partial charge < -0.3 is 19.8 Å². The second-order valence-corrected chi connectivity index (χ2v) is 4.63. The number of ether oxygens (including phenoxy) is 1. The van der Waals surface area contributed by atoms with E-state index >= 15 is 0 Å². The molecule has 1 rings (SSSR count). The molecular weight excluding hydrogens is 232 g/mol. The third kappa shape index (κ3) is 6.56.